The van der Waals surface area contributed by atoms with Gasteiger partial charge in [0.1, 0.15) is 0 Å². The van der Waals surface area contributed by atoms with Crippen molar-refractivity contribution in [1.82, 2.24) is 0 Å². The van der Waals surface area contributed by atoms with Gasteiger partial charge in [-0.15, -0.1) is 0 Å². The highest BCUT2D eigenvalue weighted by Gasteiger charge is 2.22. The lowest BCUT2D eigenvalue weighted by atomic mass is 9.84. The molecule has 7 aromatic rings. The second-order valence-corrected chi connectivity index (χ2v) is 11.2. The minimum Gasteiger partial charge on any atom is -0.0888 e. The van der Waals surface area contributed by atoms with E-state index in [-0.39, 0.29) is 0 Å². The summed E-state index contributed by atoms with van der Waals surface area (Å²) in [5.41, 5.74) is 9.14. The van der Waals surface area contributed by atoms with E-state index in [4.69, 9.17) is 0 Å². The molecule has 0 fully saturated rings. The zero-order valence-electron chi connectivity index (χ0n) is 21.0. The molecule has 1 aliphatic rings. The van der Waals surface area contributed by atoms with Crippen LogP contribution in [-0.2, 0) is 0 Å². The maximum Gasteiger partial charge on any atom is 0.0207 e. The molecule has 0 aromatic heterocycles. The van der Waals surface area contributed by atoms with Crippen LogP contribution in [0.25, 0.3) is 65.7 Å². The smallest absolute Gasteiger partial charge is 0.0207 e. The van der Waals surface area contributed by atoms with Gasteiger partial charge in [-0.05, 0) is 79.4 Å². The van der Waals surface area contributed by atoms with Crippen LogP contribution in [0.4, 0.5) is 0 Å². The van der Waals surface area contributed by atoms with Gasteiger partial charge in [0.25, 0.3) is 0 Å². The van der Waals surface area contributed by atoms with Crippen molar-refractivity contribution in [3.8, 4) is 33.4 Å². The standard InChI is InChI=1S/C37H24S/c1-23-17-19-24(20-18-23)35-27-10-2-4-12-29(27)36(30-13-5-3-11-28(30)35)32-21-22-34-37-26(14-8-15-31(32)37)25-9-6-7-16-33(25)38-34/h2-22H,1H3. The number of hydrogen-bond acceptors (Lipinski definition) is 1. The molecule has 1 aliphatic heterocycles. The van der Waals surface area contributed by atoms with Gasteiger partial charge in [-0.3, -0.25) is 0 Å². The summed E-state index contributed by atoms with van der Waals surface area (Å²) < 4.78 is 0. The molecule has 0 radical (unpaired) electrons. The quantitative estimate of drug-likeness (QED) is 0.213. The number of benzene rings is 7. The second kappa shape index (κ2) is 8.34. The molecule has 0 saturated carbocycles. The van der Waals surface area contributed by atoms with E-state index in [0.29, 0.717) is 0 Å². The molecule has 0 bridgehead atoms. The minimum atomic E-state index is 1.26. The number of rotatable bonds is 2. The van der Waals surface area contributed by atoms with Crippen molar-refractivity contribution >= 4 is 44.1 Å². The SMILES string of the molecule is Cc1ccc(-c2c3ccccc3c(-c3ccc4c5c(cccc35)-c3ccccc3S4)c3ccccc23)cc1. The summed E-state index contributed by atoms with van der Waals surface area (Å²) in [6.07, 6.45) is 0. The molecule has 0 spiro atoms. The van der Waals surface area contributed by atoms with Gasteiger partial charge in [0.2, 0.25) is 0 Å². The first-order valence-corrected chi connectivity index (χ1v) is 13.9. The third-order valence-corrected chi connectivity index (χ3v) is 9.08. The van der Waals surface area contributed by atoms with E-state index in [1.54, 1.807) is 0 Å². The fourth-order valence-corrected chi connectivity index (χ4v) is 7.38. The Kier molecular flexibility index (Phi) is 4.77. The Labute approximate surface area is 226 Å². The summed E-state index contributed by atoms with van der Waals surface area (Å²) in [4.78, 5) is 2.67. The molecule has 178 valence electrons. The minimum absolute atomic E-state index is 1.26. The maximum atomic E-state index is 2.35. The van der Waals surface area contributed by atoms with Crippen molar-refractivity contribution in [2.45, 2.75) is 16.7 Å². The number of fused-ring (bicyclic) bond motifs is 4. The van der Waals surface area contributed by atoms with Crippen LogP contribution < -0.4 is 0 Å². The van der Waals surface area contributed by atoms with Crippen molar-refractivity contribution in [2.24, 2.45) is 0 Å². The first kappa shape index (κ1) is 21.7. The van der Waals surface area contributed by atoms with Crippen molar-refractivity contribution in [3.05, 3.63) is 133 Å². The Morgan fingerprint density at radius 2 is 0.974 bits per heavy atom. The second-order valence-electron chi connectivity index (χ2n) is 10.1. The molecule has 0 nitrogen and oxygen atoms in total. The predicted molar refractivity (Wildman–Crippen MR) is 164 cm³/mol. The average Bonchev–Trinajstić information content (AvgIpc) is 2.97. The molecular weight excluding hydrogens is 476 g/mol. The van der Waals surface area contributed by atoms with Gasteiger partial charge in [0.05, 0.1) is 0 Å². The van der Waals surface area contributed by atoms with E-state index in [9.17, 15) is 0 Å². The highest BCUT2D eigenvalue weighted by Crippen LogP contribution is 2.51. The van der Waals surface area contributed by atoms with Gasteiger partial charge < -0.3 is 0 Å². The highest BCUT2D eigenvalue weighted by atomic mass is 32.2. The molecule has 0 N–H and O–H groups in total. The van der Waals surface area contributed by atoms with Crippen molar-refractivity contribution < 1.29 is 0 Å². The molecule has 0 unspecified atom stereocenters. The van der Waals surface area contributed by atoms with Crippen LogP contribution in [-0.4, -0.2) is 0 Å². The largest absolute Gasteiger partial charge is 0.0888 e. The van der Waals surface area contributed by atoms with Crippen LogP contribution in [0.1, 0.15) is 5.56 Å². The summed E-state index contributed by atoms with van der Waals surface area (Å²) in [5, 5.41) is 7.87. The van der Waals surface area contributed by atoms with Crippen LogP contribution in [0.2, 0.25) is 0 Å². The average molecular weight is 501 g/mol. The summed E-state index contributed by atoms with van der Waals surface area (Å²) >= 11 is 1.89. The summed E-state index contributed by atoms with van der Waals surface area (Å²) in [6, 6.07) is 47.1. The van der Waals surface area contributed by atoms with Crippen molar-refractivity contribution in [2.75, 3.05) is 0 Å². The van der Waals surface area contributed by atoms with Crippen LogP contribution in [0.15, 0.2) is 137 Å². The van der Waals surface area contributed by atoms with E-state index in [1.807, 2.05) is 11.8 Å². The monoisotopic (exact) mass is 500 g/mol. The first-order chi connectivity index (χ1) is 18.8. The topological polar surface area (TPSA) is 0 Å². The Morgan fingerprint density at radius 3 is 1.68 bits per heavy atom. The van der Waals surface area contributed by atoms with E-state index < -0.39 is 0 Å². The lowest BCUT2D eigenvalue weighted by molar-refractivity contribution is 1.40. The maximum absolute atomic E-state index is 2.35. The first-order valence-electron chi connectivity index (χ1n) is 13.1. The molecule has 8 rings (SSSR count). The van der Waals surface area contributed by atoms with Gasteiger partial charge in [-0.2, -0.15) is 0 Å². The Bertz CT molecular complexity index is 1990. The van der Waals surface area contributed by atoms with Gasteiger partial charge in [-0.1, -0.05) is 133 Å². The molecule has 0 aliphatic carbocycles. The lowest BCUT2D eigenvalue weighted by Gasteiger charge is -2.23. The Hall–Kier alpha value is -4.33. The van der Waals surface area contributed by atoms with Crippen molar-refractivity contribution in [1.29, 1.82) is 0 Å². The predicted octanol–water partition coefficient (Wildman–Crippen LogP) is 10.9. The molecular formula is C37H24S. The van der Waals surface area contributed by atoms with Gasteiger partial charge in [0.15, 0.2) is 0 Å². The summed E-state index contributed by atoms with van der Waals surface area (Å²) in [5.74, 6) is 0. The van der Waals surface area contributed by atoms with Crippen LogP contribution in [0.3, 0.4) is 0 Å². The lowest BCUT2D eigenvalue weighted by Crippen LogP contribution is -1.95. The Morgan fingerprint density at radius 1 is 0.395 bits per heavy atom. The van der Waals surface area contributed by atoms with E-state index in [0.717, 1.165) is 0 Å². The fourth-order valence-electron chi connectivity index (χ4n) is 6.25. The molecule has 1 heterocycles. The van der Waals surface area contributed by atoms with Crippen molar-refractivity contribution in [3.63, 3.8) is 0 Å². The molecule has 1 heteroatoms. The van der Waals surface area contributed by atoms with Crippen LogP contribution in [0, 0.1) is 6.92 Å². The Balaban J connectivity index is 1.51. The third-order valence-electron chi connectivity index (χ3n) is 7.94. The summed E-state index contributed by atoms with van der Waals surface area (Å²) in [7, 11) is 0. The zero-order valence-corrected chi connectivity index (χ0v) is 21.8. The van der Waals surface area contributed by atoms with E-state index in [1.165, 1.54) is 81.1 Å². The van der Waals surface area contributed by atoms with Crippen LogP contribution in [0.5, 0.6) is 0 Å². The van der Waals surface area contributed by atoms with E-state index >= 15 is 0 Å². The molecule has 0 amide bonds. The van der Waals surface area contributed by atoms with Gasteiger partial charge in [0, 0.05) is 15.2 Å². The van der Waals surface area contributed by atoms with Gasteiger partial charge >= 0.3 is 0 Å². The van der Waals surface area contributed by atoms with Crippen LogP contribution >= 0.6 is 11.8 Å². The molecule has 38 heavy (non-hydrogen) atoms. The zero-order chi connectivity index (χ0) is 25.2. The van der Waals surface area contributed by atoms with E-state index in [2.05, 4.69) is 134 Å². The molecule has 0 saturated heterocycles. The highest BCUT2D eigenvalue weighted by molar-refractivity contribution is 7.99. The summed E-state index contributed by atoms with van der Waals surface area (Å²) in [6.45, 7) is 2.15. The molecule has 7 aromatic carbocycles. The fraction of sp³-hybridized carbons (Fsp3) is 0.0270. The molecule has 0 atom stereocenters. The van der Waals surface area contributed by atoms with Gasteiger partial charge in [-0.25, -0.2) is 0 Å². The normalized spacial score (nSPS) is 12.2. The number of hydrogen-bond donors (Lipinski definition) is 0. The number of aryl methyl sites for hydroxylation is 1. The third kappa shape index (κ3) is 3.12.